The van der Waals surface area contributed by atoms with Crippen LogP contribution in [0.3, 0.4) is 0 Å². The zero-order valence-corrected chi connectivity index (χ0v) is 7.66. The van der Waals surface area contributed by atoms with Crippen LogP contribution in [0.1, 0.15) is 22.7 Å². The fraction of sp³-hybridized carbons (Fsp3) is 0.375. The number of aryl methyl sites for hydroxylation is 1. The molecule has 0 fully saturated rings. The maximum Gasteiger partial charge on any atom is 0.373 e. The number of aromatic carboxylic acids is 1. The molecule has 0 unspecified atom stereocenters. The monoisotopic (exact) mass is 200 g/mol. The van der Waals surface area contributed by atoms with Gasteiger partial charge in [-0.3, -0.25) is 0 Å². The molecule has 5 heteroatoms. The summed E-state index contributed by atoms with van der Waals surface area (Å²) in [7, 11) is 0. The maximum atomic E-state index is 10.5. The zero-order chi connectivity index (χ0) is 9.68. The van der Waals surface area contributed by atoms with Gasteiger partial charge >= 0.3 is 5.97 Å². The minimum absolute atomic E-state index is 0.160. The van der Waals surface area contributed by atoms with E-state index in [1.54, 1.807) is 6.07 Å². The van der Waals surface area contributed by atoms with E-state index in [1.807, 2.05) is 0 Å². The van der Waals surface area contributed by atoms with Gasteiger partial charge in [0.05, 0.1) is 0 Å². The zero-order valence-electron chi connectivity index (χ0n) is 6.90. The normalized spacial score (nSPS) is 9.92. The minimum atomic E-state index is -1.10. The molecule has 1 rings (SSSR count). The lowest BCUT2D eigenvalue weighted by Crippen LogP contribution is -2.05. The van der Waals surface area contributed by atoms with Crippen molar-refractivity contribution in [3.63, 3.8) is 0 Å². The Labute approximate surface area is 80.6 Å². The second kappa shape index (κ2) is 4.77. The first-order chi connectivity index (χ1) is 6.24. The van der Waals surface area contributed by atoms with Gasteiger partial charge in [0, 0.05) is 17.8 Å². The van der Waals surface area contributed by atoms with E-state index in [1.165, 1.54) is 6.20 Å². The molecule has 4 nitrogen and oxygen atoms in total. The van der Waals surface area contributed by atoms with E-state index >= 15 is 0 Å². The third-order valence-electron chi connectivity index (χ3n) is 1.47. The SMILES string of the molecule is O=C(O)c1nccc(CCCCl)n1. The highest BCUT2D eigenvalue weighted by atomic mass is 35.5. The van der Waals surface area contributed by atoms with Gasteiger partial charge in [-0.1, -0.05) is 0 Å². The van der Waals surface area contributed by atoms with Crippen molar-refractivity contribution in [1.82, 2.24) is 9.97 Å². The highest BCUT2D eigenvalue weighted by Crippen LogP contribution is 2.00. The largest absolute Gasteiger partial charge is 0.475 e. The number of hydrogen-bond acceptors (Lipinski definition) is 3. The van der Waals surface area contributed by atoms with E-state index in [2.05, 4.69) is 9.97 Å². The van der Waals surface area contributed by atoms with Gasteiger partial charge in [0.25, 0.3) is 0 Å². The summed E-state index contributed by atoms with van der Waals surface area (Å²) in [6.07, 6.45) is 2.92. The van der Waals surface area contributed by atoms with Crippen LogP contribution in [0.5, 0.6) is 0 Å². The van der Waals surface area contributed by atoms with Crippen molar-refractivity contribution < 1.29 is 9.90 Å². The molecular weight excluding hydrogens is 192 g/mol. The molecule has 0 amide bonds. The smallest absolute Gasteiger partial charge is 0.373 e. The number of halogens is 1. The van der Waals surface area contributed by atoms with E-state index in [0.717, 1.165) is 6.42 Å². The highest BCUT2D eigenvalue weighted by Gasteiger charge is 2.06. The summed E-state index contributed by atoms with van der Waals surface area (Å²) in [4.78, 5) is 17.9. The molecule has 13 heavy (non-hydrogen) atoms. The van der Waals surface area contributed by atoms with Crippen molar-refractivity contribution in [2.75, 3.05) is 5.88 Å². The predicted molar refractivity (Wildman–Crippen MR) is 48.0 cm³/mol. The number of alkyl halides is 1. The Kier molecular flexibility index (Phi) is 3.64. The van der Waals surface area contributed by atoms with Gasteiger partial charge in [0.15, 0.2) is 0 Å². The Hall–Kier alpha value is -1.16. The van der Waals surface area contributed by atoms with Gasteiger partial charge < -0.3 is 5.11 Å². The summed E-state index contributed by atoms with van der Waals surface area (Å²) in [5, 5.41) is 8.58. The standard InChI is InChI=1S/C8H9ClN2O2/c9-4-1-2-6-3-5-10-7(11-6)8(12)13/h3,5H,1-2,4H2,(H,12,13). The van der Waals surface area contributed by atoms with Crippen LogP contribution in [-0.2, 0) is 6.42 Å². The van der Waals surface area contributed by atoms with Gasteiger partial charge in [-0.25, -0.2) is 14.8 Å². The maximum absolute atomic E-state index is 10.5. The average Bonchev–Trinajstić information content (AvgIpc) is 2.15. The molecule has 1 heterocycles. The molecule has 0 aliphatic heterocycles. The Morgan fingerprint density at radius 2 is 2.38 bits per heavy atom. The summed E-state index contributed by atoms with van der Waals surface area (Å²) in [6, 6.07) is 1.69. The lowest BCUT2D eigenvalue weighted by atomic mass is 10.2. The van der Waals surface area contributed by atoms with Crippen LogP contribution in [0.2, 0.25) is 0 Å². The molecule has 0 bridgehead atoms. The van der Waals surface area contributed by atoms with Crippen LogP contribution >= 0.6 is 11.6 Å². The van der Waals surface area contributed by atoms with Gasteiger partial charge in [-0.05, 0) is 18.9 Å². The van der Waals surface area contributed by atoms with Crippen molar-refractivity contribution in [2.45, 2.75) is 12.8 Å². The first kappa shape index (κ1) is 9.92. The molecule has 70 valence electrons. The van der Waals surface area contributed by atoms with Crippen molar-refractivity contribution in [3.05, 3.63) is 23.8 Å². The topological polar surface area (TPSA) is 63.1 Å². The van der Waals surface area contributed by atoms with Gasteiger partial charge in [0.2, 0.25) is 5.82 Å². The van der Waals surface area contributed by atoms with Crippen molar-refractivity contribution >= 4 is 17.6 Å². The molecule has 0 aromatic carbocycles. The third kappa shape index (κ3) is 2.99. The first-order valence-corrected chi connectivity index (χ1v) is 4.38. The molecule has 1 aromatic rings. The quantitative estimate of drug-likeness (QED) is 0.746. The van der Waals surface area contributed by atoms with Crippen LogP contribution in [0.15, 0.2) is 12.3 Å². The molecule has 0 radical (unpaired) electrons. The Balaban J connectivity index is 2.73. The van der Waals surface area contributed by atoms with E-state index in [-0.39, 0.29) is 5.82 Å². The van der Waals surface area contributed by atoms with E-state index in [0.29, 0.717) is 18.0 Å². The van der Waals surface area contributed by atoms with Crippen molar-refractivity contribution in [3.8, 4) is 0 Å². The summed E-state index contributed by atoms with van der Waals surface area (Å²) in [5.74, 6) is -0.716. The van der Waals surface area contributed by atoms with Gasteiger partial charge in [0.1, 0.15) is 0 Å². The Bertz CT molecular complexity index is 304. The van der Waals surface area contributed by atoms with Gasteiger partial charge in [-0.2, -0.15) is 0 Å². The molecule has 0 aliphatic carbocycles. The number of aromatic nitrogens is 2. The number of carboxylic acids is 1. The predicted octanol–water partition coefficient (Wildman–Crippen LogP) is 1.35. The number of nitrogens with zero attached hydrogens (tertiary/aromatic N) is 2. The highest BCUT2D eigenvalue weighted by molar-refractivity contribution is 6.17. The molecule has 0 saturated carbocycles. The molecule has 0 saturated heterocycles. The second-order valence-electron chi connectivity index (χ2n) is 2.47. The molecular formula is C8H9ClN2O2. The van der Waals surface area contributed by atoms with E-state index in [4.69, 9.17) is 16.7 Å². The Morgan fingerprint density at radius 1 is 1.62 bits per heavy atom. The molecule has 1 aromatic heterocycles. The molecule has 0 aliphatic rings. The van der Waals surface area contributed by atoms with E-state index in [9.17, 15) is 4.79 Å². The molecule has 1 N–H and O–H groups in total. The van der Waals surface area contributed by atoms with Crippen LogP contribution in [-0.4, -0.2) is 26.9 Å². The van der Waals surface area contributed by atoms with Crippen LogP contribution in [0, 0.1) is 0 Å². The fourth-order valence-electron chi connectivity index (χ4n) is 0.886. The summed E-state index contributed by atoms with van der Waals surface area (Å²) >= 11 is 5.49. The number of carboxylic acid groups (broad SMARTS) is 1. The summed E-state index contributed by atoms with van der Waals surface area (Å²) in [5.41, 5.74) is 0.716. The third-order valence-corrected chi connectivity index (χ3v) is 1.74. The van der Waals surface area contributed by atoms with Gasteiger partial charge in [-0.15, -0.1) is 11.6 Å². The lowest BCUT2D eigenvalue weighted by molar-refractivity contribution is 0.0683. The first-order valence-electron chi connectivity index (χ1n) is 3.85. The van der Waals surface area contributed by atoms with Crippen LogP contribution < -0.4 is 0 Å². The van der Waals surface area contributed by atoms with Crippen molar-refractivity contribution in [1.29, 1.82) is 0 Å². The average molecular weight is 201 g/mol. The fourth-order valence-corrected chi connectivity index (χ4v) is 1.02. The number of rotatable bonds is 4. The minimum Gasteiger partial charge on any atom is -0.475 e. The molecule has 0 spiro atoms. The van der Waals surface area contributed by atoms with E-state index < -0.39 is 5.97 Å². The number of hydrogen-bond donors (Lipinski definition) is 1. The summed E-state index contributed by atoms with van der Waals surface area (Å²) < 4.78 is 0. The van der Waals surface area contributed by atoms with Crippen LogP contribution in [0.25, 0.3) is 0 Å². The number of carbonyl (C=O) groups is 1. The summed E-state index contributed by atoms with van der Waals surface area (Å²) in [6.45, 7) is 0. The van der Waals surface area contributed by atoms with Crippen LogP contribution in [0.4, 0.5) is 0 Å². The second-order valence-corrected chi connectivity index (χ2v) is 2.85. The molecule has 0 atom stereocenters. The van der Waals surface area contributed by atoms with Crippen molar-refractivity contribution in [2.24, 2.45) is 0 Å². The Morgan fingerprint density at radius 3 is 3.00 bits per heavy atom. The lowest BCUT2D eigenvalue weighted by Gasteiger charge is -1.98.